The van der Waals surface area contributed by atoms with E-state index >= 15 is 0 Å². The molecule has 1 aromatic rings. The molecular weight excluding hydrogens is 266 g/mol. The molecular formula is C16H21N3O2. The van der Waals surface area contributed by atoms with Crippen LogP contribution >= 0.6 is 0 Å². The fourth-order valence-corrected chi connectivity index (χ4v) is 3.93. The second-order valence-electron chi connectivity index (χ2n) is 6.11. The number of hydrogen-bond donors (Lipinski definition) is 1. The maximum Gasteiger partial charge on any atom is 0.272 e. The summed E-state index contributed by atoms with van der Waals surface area (Å²) < 4.78 is 0. The van der Waals surface area contributed by atoms with E-state index in [0.717, 1.165) is 32.2 Å². The minimum Gasteiger partial charge on any atom is -0.359 e. The van der Waals surface area contributed by atoms with Gasteiger partial charge in [-0.05, 0) is 31.4 Å². The molecule has 1 aromatic heterocycles. The highest BCUT2D eigenvalue weighted by molar-refractivity contribution is 5.92. The molecule has 1 N–H and O–H groups in total. The number of nitrogens with one attached hydrogen (secondary N) is 1. The Morgan fingerprint density at radius 2 is 2.24 bits per heavy atom. The number of amides is 2. The summed E-state index contributed by atoms with van der Waals surface area (Å²) in [5.41, 5.74) is 0.467. The van der Waals surface area contributed by atoms with E-state index in [1.807, 2.05) is 11.0 Å². The third-order valence-corrected chi connectivity index (χ3v) is 5.03. The number of nitrogens with zero attached hydrogens (tertiary/aromatic N) is 2. The maximum atomic E-state index is 12.5. The van der Waals surface area contributed by atoms with Crippen LogP contribution in [0.2, 0.25) is 0 Å². The van der Waals surface area contributed by atoms with Crippen LogP contribution in [0.25, 0.3) is 0 Å². The summed E-state index contributed by atoms with van der Waals surface area (Å²) in [5, 5.41) is 2.78. The Morgan fingerprint density at radius 3 is 2.95 bits per heavy atom. The lowest BCUT2D eigenvalue weighted by atomic mass is 9.76. The number of rotatable bonds is 2. The van der Waals surface area contributed by atoms with Crippen LogP contribution in [-0.4, -0.2) is 41.8 Å². The van der Waals surface area contributed by atoms with Gasteiger partial charge in [-0.25, -0.2) is 0 Å². The van der Waals surface area contributed by atoms with Crippen molar-refractivity contribution in [3.05, 3.63) is 30.1 Å². The summed E-state index contributed by atoms with van der Waals surface area (Å²) in [7, 11) is 1.69. The van der Waals surface area contributed by atoms with Gasteiger partial charge in [0.2, 0.25) is 5.91 Å². The van der Waals surface area contributed by atoms with Crippen LogP contribution in [0, 0.1) is 11.3 Å². The number of hydrogen-bond acceptors (Lipinski definition) is 3. The van der Waals surface area contributed by atoms with Crippen molar-refractivity contribution in [2.75, 3.05) is 20.1 Å². The second kappa shape index (κ2) is 5.47. The van der Waals surface area contributed by atoms with Crippen LogP contribution in [-0.2, 0) is 4.79 Å². The topological polar surface area (TPSA) is 62.3 Å². The lowest BCUT2D eigenvalue weighted by molar-refractivity contribution is -0.127. The van der Waals surface area contributed by atoms with Gasteiger partial charge >= 0.3 is 0 Å². The van der Waals surface area contributed by atoms with Crippen LogP contribution in [0.5, 0.6) is 0 Å². The lowest BCUT2D eigenvalue weighted by Crippen LogP contribution is -2.40. The molecule has 3 rings (SSSR count). The van der Waals surface area contributed by atoms with Gasteiger partial charge in [-0.3, -0.25) is 14.6 Å². The van der Waals surface area contributed by atoms with E-state index in [9.17, 15) is 9.59 Å². The van der Waals surface area contributed by atoms with E-state index in [4.69, 9.17) is 0 Å². The first-order chi connectivity index (χ1) is 10.2. The average molecular weight is 287 g/mol. The van der Waals surface area contributed by atoms with Gasteiger partial charge < -0.3 is 10.2 Å². The van der Waals surface area contributed by atoms with Crippen molar-refractivity contribution in [2.45, 2.75) is 25.7 Å². The first-order valence-corrected chi connectivity index (χ1v) is 7.58. The number of aromatic nitrogens is 1. The van der Waals surface area contributed by atoms with Gasteiger partial charge in [0, 0.05) is 37.7 Å². The highest BCUT2D eigenvalue weighted by Crippen LogP contribution is 2.49. The summed E-state index contributed by atoms with van der Waals surface area (Å²) in [6.07, 6.45) is 5.61. The summed E-state index contributed by atoms with van der Waals surface area (Å²) in [6, 6.07) is 5.38. The molecule has 5 nitrogen and oxygen atoms in total. The Labute approximate surface area is 124 Å². The summed E-state index contributed by atoms with van der Waals surface area (Å²) in [5.74, 6) is 0.152. The third-order valence-electron chi connectivity index (χ3n) is 5.03. The number of likely N-dealkylation sites (tertiary alicyclic amines) is 1. The van der Waals surface area contributed by atoms with E-state index in [0.29, 0.717) is 12.2 Å². The van der Waals surface area contributed by atoms with Gasteiger partial charge in [0.25, 0.3) is 5.91 Å². The van der Waals surface area contributed by atoms with Crippen molar-refractivity contribution in [1.82, 2.24) is 15.2 Å². The van der Waals surface area contributed by atoms with Crippen molar-refractivity contribution in [3.63, 3.8) is 0 Å². The van der Waals surface area contributed by atoms with Gasteiger partial charge in [0.15, 0.2) is 0 Å². The Hall–Kier alpha value is -1.91. The molecule has 2 amide bonds. The van der Waals surface area contributed by atoms with Gasteiger partial charge in [-0.2, -0.15) is 0 Å². The number of carbonyl (C=O) groups is 2. The fourth-order valence-electron chi connectivity index (χ4n) is 3.93. The molecule has 0 bridgehead atoms. The summed E-state index contributed by atoms with van der Waals surface area (Å²) in [4.78, 5) is 30.6. The Balaban J connectivity index is 1.76. The molecule has 1 spiro atoms. The molecule has 5 heteroatoms. The fraction of sp³-hybridized carbons (Fsp3) is 0.562. The molecule has 2 heterocycles. The first-order valence-electron chi connectivity index (χ1n) is 7.58. The molecule has 0 unspecified atom stereocenters. The molecule has 1 saturated carbocycles. The van der Waals surface area contributed by atoms with E-state index in [2.05, 4.69) is 10.3 Å². The van der Waals surface area contributed by atoms with Crippen LogP contribution in [0.1, 0.15) is 36.2 Å². The molecule has 2 fully saturated rings. The van der Waals surface area contributed by atoms with Gasteiger partial charge in [-0.15, -0.1) is 0 Å². The first kappa shape index (κ1) is 14.0. The normalized spacial score (nSPS) is 28.0. The zero-order valence-corrected chi connectivity index (χ0v) is 12.3. The molecule has 0 radical (unpaired) electrons. The minimum absolute atomic E-state index is 0.0185. The van der Waals surface area contributed by atoms with Crippen molar-refractivity contribution in [3.8, 4) is 0 Å². The van der Waals surface area contributed by atoms with Crippen LogP contribution < -0.4 is 5.32 Å². The largest absolute Gasteiger partial charge is 0.359 e. The molecule has 1 saturated heterocycles. The Bertz CT molecular complexity index is 546. The predicted octanol–water partition coefficient (Wildman–Crippen LogP) is 1.46. The van der Waals surface area contributed by atoms with Gasteiger partial charge in [-0.1, -0.05) is 12.5 Å². The lowest BCUT2D eigenvalue weighted by Gasteiger charge is -2.30. The molecule has 1 aliphatic heterocycles. The molecule has 112 valence electrons. The standard InChI is InChI=1S/C16H21N3O2/c1-17-14(20)12-5-4-7-16(12)8-10-19(11-16)15(21)13-6-2-3-9-18-13/h2-3,6,9,12H,4-5,7-8,10-11H2,1H3,(H,17,20)/t12-,16-/m1/s1. The molecule has 0 aromatic carbocycles. The molecule has 2 atom stereocenters. The van der Waals surface area contributed by atoms with Crippen molar-refractivity contribution in [2.24, 2.45) is 11.3 Å². The van der Waals surface area contributed by atoms with Crippen LogP contribution in [0.15, 0.2) is 24.4 Å². The van der Waals surface area contributed by atoms with Crippen molar-refractivity contribution in [1.29, 1.82) is 0 Å². The van der Waals surface area contributed by atoms with Crippen LogP contribution in [0.4, 0.5) is 0 Å². The highest BCUT2D eigenvalue weighted by Gasteiger charge is 2.51. The minimum atomic E-state index is -0.0233. The van der Waals surface area contributed by atoms with Crippen molar-refractivity contribution < 1.29 is 9.59 Å². The summed E-state index contributed by atoms with van der Waals surface area (Å²) in [6.45, 7) is 1.41. The molecule has 1 aliphatic carbocycles. The Kier molecular flexibility index (Phi) is 3.66. The smallest absolute Gasteiger partial charge is 0.272 e. The average Bonchev–Trinajstić information content (AvgIpc) is 3.14. The van der Waals surface area contributed by atoms with E-state index in [1.54, 1.807) is 25.4 Å². The van der Waals surface area contributed by atoms with Gasteiger partial charge in [0.1, 0.15) is 5.69 Å². The quantitative estimate of drug-likeness (QED) is 0.895. The molecule has 2 aliphatic rings. The zero-order chi connectivity index (χ0) is 14.9. The van der Waals surface area contributed by atoms with E-state index < -0.39 is 0 Å². The monoisotopic (exact) mass is 287 g/mol. The molecule has 21 heavy (non-hydrogen) atoms. The number of carbonyl (C=O) groups excluding carboxylic acids is 2. The van der Waals surface area contributed by atoms with E-state index in [1.165, 1.54) is 0 Å². The maximum absolute atomic E-state index is 12.5. The predicted molar refractivity (Wildman–Crippen MR) is 78.6 cm³/mol. The zero-order valence-electron chi connectivity index (χ0n) is 12.3. The van der Waals surface area contributed by atoms with Crippen molar-refractivity contribution >= 4 is 11.8 Å². The second-order valence-corrected chi connectivity index (χ2v) is 6.11. The number of pyridine rings is 1. The SMILES string of the molecule is CNC(=O)[C@H]1CCC[C@]12CCN(C(=O)c1ccccn1)C2. The van der Waals surface area contributed by atoms with Crippen LogP contribution in [0.3, 0.4) is 0 Å². The summed E-state index contributed by atoms with van der Waals surface area (Å²) >= 11 is 0. The Morgan fingerprint density at radius 1 is 1.38 bits per heavy atom. The third kappa shape index (κ3) is 2.41. The highest BCUT2D eigenvalue weighted by atomic mass is 16.2. The van der Waals surface area contributed by atoms with Gasteiger partial charge in [0.05, 0.1) is 0 Å². The van der Waals surface area contributed by atoms with E-state index in [-0.39, 0.29) is 23.1 Å².